The Balaban J connectivity index is 0.000000658. The van der Waals surface area contributed by atoms with Crippen LogP contribution in [-0.2, 0) is 0 Å². The van der Waals surface area contributed by atoms with Crippen molar-refractivity contribution in [2.45, 2.75) is 13.3 Å². The summed E-state index contributed by atoms with van der Waals surface area (Å²) in [6.07, 6.45) is 3.09. The fourth-order valence-corrected chi connectivity index (χ4v) is 3.67. The summed E-state index contributed by atoms with van der Waals surface area (Å²) in [7, 11) is -0.824. The van der Waals surface area contributed by atoms with E-state index in [2.05, 4.69) is 105 Å². The lowest BCUT2D eigenvalue weighted by Gasteiger charge is -2.17. The van der Waals surface area contributed by atoms with Crippen molar-refractivity contribution in [1.82, 2.24) is 0 Å². The largest absolute Gasteiger partial charge is 0.378 e. The molecule has 0 N–H and O–H groups in total. The minimum absolute atomic E-state index is 0.855. The summed E-state index contributed by atoms with van der Waals surface area (Å²) in [4.78, 5) is 2.11. The highest BCUT2D eigenvalue weighted by Gasteiger charge is 2.18. The van der Waals surface area contributed by atoms with E-state index in [0.29, 0.717) is 0 Å². The van der Waals surface area contributed by atoms with Gasteiger partial charge in [0.25, 0.3) is 0 Å². The van der Waals surface area contributed by atoms with E-state index in [0.717, 1.165) is 29.1 Å². The molecule has 0 bridgehead atoms. The summed E-state index contributed by atoms with van der Waals surface area (Å²) in [6.45, 7) is 2.19. The number of benzene rings is 3. The Morgan fingerprint density at radius 3 is 1.78 bits per heavy atom. The van der Waals surface area contributed by atoms with Crippen molar-refractivity contribution in [2.75, 3.05) is 19.0 Å². The third-order valence-electron chi connectivity index (χ3n) is 5.43. The van der Waals surface area contributed by atoms with E-state index in [9.17, 15) is 0 Å². The normalized spacial score (nSPS) is 11.5. The molecule has 0 aliphatic rings. The quantitative estimate of drug-likeness (QED) is 0.372. The van der Waals surface area contributed by atoms with Crippen molar-refractivity contribution in [1.29, 1.82) is 0 Å². The number of halogens is 1. The van der Waals surface area contributed by atoms with Gasteiger partial charge < -0.3 is 4.90 Å². The first-order valence-corrected chi connectivity index (χ1v) is 12.6. The van der Waals surface area contributed by atoms with Gasteiger partial charge in [-0.3, -0.25) is 0 Å². The molecule has 0 fully saturated rings. The molecule has 4 rings (SSSR count). The Bertz CT molecular complexity index is 1210. The van der Waals surface area contributed by atoms with Gasteiger partial charge in [-0.25, -0.2) is 23.1 Å². The Morgan fingerprint density at radius 2 is 1.28 bits per heavy atom. The maximum Gasteiger partial charge on any atom is 0.361 e. The van der Waals surface area contributed by atoms with Gasteiger partial charge in [-0.1, -0.05) is 67.6 Å². The predicted octanol–water partition coefficient (Wildman–Crippen LogP) is 3.16. The van der Waals surface area contributed by atoms with E-state index in [-0.39, 0.29) is 0 Å². The molecule has 0 aliphatic carbocycles. The number of hydrogen-bond acceptors (Lipinski definition) is 5. The van der Waals surface area contributed by atoms with Gasteiger partial charge in [0.15, 0.2) is 0 Å². The lowest BCUT2D eigenvalue weighted by molar-refractivity contribution is -2.00. The van der Waals surface area contributed by atoms with Gasteiger partial charge in [0.05, 0.1) is 17.7 Å². The highest BCUT2D eigenvalue weighted by molar-refractivity contribution is 5.82. The van der Waals surface area contributed by atoms with E-state index in [1.807, 2.05) is 24.3 Å². The van der Waals surface area contributed by atoms with Gasteiger partial charge in [-0.15, -0.1) is 10.2 Å². The van der Waals surface area contributed by atoms with Crippen LogP contribution < -0.4 is 23.5 Å². The van der Waals surface area contributed by atoms with Crippen LogP contribution in [0.2, 0.25) is 0 Å². The van der Waals surface area contributed by atoms with Gasteiger partial charge >= 0.3 is 11.5 Å². The predicted molar refractivity (Wildman–Crippen MR) is 133 cm³/mol. The fourth-order valence-electron chi connectivity index (χ4n) is 3.67. The number of rotatable bonds is 6. The Morgan fingerprint density at radius 1 is 0.750 bits per heavy atom. The first-order valence-electron chi connectivity index (χ1n) is 11.3. The van der Waals surface area contributed by atoms with Crippen LogP contribution in [0.3, 0.4) is 0 Å². The smallest absolute Gasteiger partial charge is 0.361 e. The Labute approximate surface area is 213 Å². The average Bonchev–Trinajstić information content (AvgIpc) is 2.87. The van der Waals surface area contributed by atoms with Crippen molar-refractivity contribution in [3.05, 3.63) is 108 Å². The number of hydrogen-bond donors (Lipinski definition) is 0. The standard InChI is InChI=1S/C29H28NO.ClHO4/c1-4-22(24-15-17-27(18-16-24)30(2)3)19-28-20-26(23-11-7-5-8-12-23)21-29(31-28)25-13-9-6-10-14-25;2-1(3,4)5/h5-21H,4H2,1-3H3;(H,2,3,4,5)/q+1;/p-1/b22-19+;. The zero-order valence-electron chi connectivity index (χ0n) is 20.4. The first kappa shape index (κ1) is 27.1. The minimum Gasteiger partial charge on any atom is -0.378 e. The minimum atomic E-state index is -4.94. The van der Waals surface area contributed by atoms with E-state index in [1.165, 1.54) is 22.4 Å². The van der Waals surface area contributed by atoms with Crippen LogP contribution in [0.4, 0.5) is 5.69 Å². The second-order valence-corrected chi connectivity index (χ2v) is 8.94. The summed E-state index contributed by atoms with van der Waals surface area (Å²) in [5.74, 6) is 1.72. The number of nitrogens with zero attached hydrogens (tertiary/aromatic N) is 1. The van der Waals surface area contributed by atoms with Gasteiger partial charge in [0.1, 0.15) is 0 Å². The van der Waals surface area contributed by atoms with E-state index in [1.54, 1.807) is 0 Å². The van der Waals surface area contributed by atoms with Crippen LogP contribution in [0.5, 0.6) is 0 Å². The van der Waals surface area contributed by atoms with Gasteiger partial charge in [-0.05, 0) is 47.4 Å². The molecule has 1 heterocycles. The second kappa shape index (κ2) is 12.4. The SMILES string of the molecule is CC/C(=C\c1cc(-c2ccccc2)cc(-c2ccccc2)[o+]1)c1ccc(N(C)C)cc1.[O-][Cl+3]([O-])([O-])[O-]. The van der Waals surface area contributed by atoms with E-state index in [4.69, 9.17) is 23.1 Å². The second-order valence-electron chi connectivity index (χ2n) is 8.19. The monoisotopic (exact) mass is 505 g/mol. The zero-order valence-corrected chi connectivity index (χ0v) is 21.1. The molecule has 0 saturated heterocycles. The maximum atomic E-state index is 8.49. The molecular weight excluding hydrogens is 478 g/mol. The molecule has 0 atom stereocenters. The van der Waals surface area contributed by atoms with Gasteiger partial charge in [0.2, 0.25) is 0 Å². The first-order chi connectivity index (χ1) is 17.1. The van der Waals surface area contributed by atoms with Gasteiger partial charge in [-0.2, -0.15) is 0 Å². The lowest BCUT2D eigenvalue weighted by Crippen LogP contribution is -2.68. The van der Waals surface area contributed by atoms with Crippen LogP contribution >= 0.6 is 0 Å². The van der Waals surface area contributed by atoms with Crippen LogP contribution in [-0.4, -0.2) is 14.1 Å². The highest BCUT2D eigenvalue weighted by Crippen LogP contribution is 2.31. The van der Waals surface area contributed by atoms with Crippen molar-refractivity contribution in [3.63, 3.8) is 0 Å². The van der Waals surface area contributed by atoms with E-state index < -0.39 is 10.2 Å². The van der Waals surface area contributed by atoms with Crippen molar-refractivity contribution in [2.24, 2.45) is 0 Å². The molecule has 4 aromatic rings. The molecule has 0 spiro atoms. The third kappa shape index (κ3) is 8.30. The summed E-state index contributed by atoms with van der Waals surface area (Å²) >= 11 is 0. The highest BCUT2D eigenvalue weighted by atomic mass is 35.7. The number of allylic oxidation sites excluding steroid dienone is 1. The summed E-state index contributed by atoms with van der Waals surface area (Å²) in [5, 5.41) is 0. The van der Waals surface area contributed by atoms with Gasteiger partial charge in [0, 0.05) is 31.4 Å². The summed E-state index contributed by atoms with van der Waals surface area (Å²) in [5.41, 5.74) is 7.06. The van der Waals surface area contributed by atoms with Crippen LogP contribution in [0.25, 0.3) is 34.1 Å². The molecule has 186 valence electrons. The molecule has 0 unspecified atom stereocenters. The molecular formula is C29H28ClNO5. The molecule has 0 saturated carbocycles. The fraction of sp³-hybridized carbons (Fsp3) is 0.138. The topological polar surface area (TPSA) is 107 Å². The van der Waals surface area contributed by atoms with Crippen LogP contribution in [0.1, 0.15) is 24.7 Å². The van der Waals surface area contributed by atoms with E-state index >= 15 is 0 Å². The van der Waals surface area contributed by atoms with Crippen LogP contribution in [0, 0.1) is 10.2 Å². The molecule has 36 heavy (non-hydrogen) atoms. The molecule has 1 aromatic heterocycles. The number of anilines is 1. The third-order valence-corrected chi connectivity index (χ3v) is 5.43. The zero-order chi connectivity index (χ0) is 26.1. The molecule has 6 nitrogen and oxygen atoms in total. The molecule has 0 aliphatic heterocycles. The maximum absolute atomic E-state index is 8.49. The summed E-state index contributed by atoms with van der Waals surface area (Å²) < 4.78 is 40.3. The molecule has 3 aromatic carbocycles. The van der Waals surface area contributed by atoms with Crippen molar-refractivity contribution in [3.8, 4) is 22.5 Å². The molecule has 0 amide bonds. The average molecular weight is 506 g/mol. The van der Waals surface area contributed by atoms with Crippen molar-refractivity contribution < 1.29 is 33.3 Å². The Hall–Kier alpha value is -3.52. The van der Waals surface area contributed by atoms with Crippen LogP contribution in [0.15, 0.2) is 101 Å². The van der Waals surface area contributed by atoms with Crippen molar-refractivity contribution >= 4 is 17.3 Å². The lowest BCUT2D eigenvalue weighted by atomic mass is 10.00. The molecule has 0 radical (unpaired) electrons. The Kier molecular flexibility index (Phi) is 9.36. The molecule has 7 heteroatoms. The summed E-state index contributed by atoms with van der Waals surface area (Å²) in [6, 6.07) is 33.7.